The van der Waals surface area contributed by atoms with Crippen molar-refractivity contribution in [3.8, 4) is 0 Å². The fraction of sp³-hybridized carbons (Fsp3) is 0.429. The van der Waals surface area contributed by atoms with Gasteiger partial charge in [-0.3, -0.25) is 9.59 Å². The number of nitrogens with two attached hydrogens (primary N) is 1. The van der Waals surface area contributed by atoms with Crippen molar-refractivity contribution in [3.05, 3.63) is 29.6 Å². The van der Waals surface area contributed by atoms with Crippen molar-refractivity contribution in [1.82, 2.24) is 0 Å². The minimum Gasteiger partial charge on any atom is -0.481 e. The van der Waals surface area contributed by atoms with Gasteiger partial charge in [-0.1, -0.05) is 6.07 Å². The fourth-order valence-electron chi connectivity index (χ4n) is 1.73. The van der Waals surface area contributed by atoms with E-state index in [1.807, 2.05) is 0 Å². The lowest BCUT2D eigenvalue weighted by Crippen LogP contribution is -2.45. The topological polar surface area (TPSA) is 102 Å². The van der Waals surface area contributed by atoms with Crippen LogP contribution in [0.2, 0.25) is 0 Å². The molecule has 0 aromatic heterocycles. The molecule has 1 atom stereocenters. The van der Waals surface area contributed by atoms with Crippen molar-refractivity contribution in [2.24, 2.45) is 5.73 Å². The zero-order valence-corrected chi connectivity index (χ0v) is 12.1. The first kappa shape index (κ1) is 17.1. The smallest absolute Gasteiger partial charge is 0.313 e. The summed E-state index contributed by atoms with van der Waals surface area (Å²) in [7, 11) is 1.32. The number of methoxy groups -OCH3 is 1. The van der Waals surface area contributed by atoms with Crippen LogP contribution in [0.1, 0.15) is 25.3 Å². The predicted molar refractivity (Wildman–Crippen MR) is 75.5 cm³/mol. The van der Waals surface area contributed by atoms with Crippen LogP contribution in [0.3, 0.4) is 0 Å². The molecule has 1 rings (SSSR count). The van der Waals surface area contributed by atoms with E-state index >= 15 is 0 Å². The van der Waals surface area contributed by atoms with E-state index in [4.69, 9.17) is 10.5 Å². The van der Waals surface area contributed by atoms with Crippen LogP contribution >= 0.6 is 0 Å². The molecule has 0 saturated heterocycles. The van der Waals surface area contributed by atoms with Crippen LogP contribution in [0.15, 0.2) is 18.2 Å². The second-order valence-electron chi connectivity index (χ2n) is 5.22. The van der Waals surface area contributed by atoms with Crippen LogP contribution in [0.25, 0.3) is 0 Å². The number of amides is 1. The number of carboxylic acid groups (broad SMARTS) is 1. The molecule has 1 aromatic carbocycles. The van der Waals surface area contributed by atoms with E-state index in [2.05, 4.69) is 5.32 Å². The summed E-state index contributed by atoms with van der Waals surface area (Å²) in [5.41, 5.74) is 4.42. The Labute approximate surface area is 122 Å². The van der Waals surface area contributed by atoms with Gasteiger partial charge in [0, 0.05) is 18.4 Å². The lowest BCUT2D eigenvalue weighted by molar-refractivity contribution is -0.140. The number of hydrogen-bond acceptors (Lipinski definition) is 4. The third kappa shape index (κ3) is 4.24. The van der Waals surface area contributed by atoms with Gasteiger partial charge in [0.2, 0.25) is 5.91 Å². The number of nitrogens with one attached hydrogen (secondary N) is 1. The molecule has 6 nitrogen and oxygen atoms in total. The first-order valence-electron chi connectivity index (χ1n) is 6.29. The molecule has 7 heteroatoms. The first-order valence-corrected chi connectivity index (χ1v) is 6.29. The number of halogens is 1. The Kier molecular flexibility index (Phi) is 5.40. The van der Waals surface area contributed by atoms with Gasteiger partial charge in [-0.2, -0.15) is 0 Å². The van der Waals surface area contributed by atoms with E-state index < -0.39 is 29.2 Å². The van der Waals surface area contributed by atoms with Crippen molar-refractivity contribution in [3.63, 3.8) is 0 Å². The molecular formula is C14H19FN2O4. The summed E-state index contributed by atoms with van der Waals surface area (Å²) < 4.78 is 18.8. The summed E-state index contributed by atoms with van der Waals surface area (Å²) in [5.74, 6) is -3.75. The maximum absolute atomic E-state index is 14.0. The highest BCUT2D eigenvalue weighted by Gasteiger charge is 2.29. The SMILES string of the molecule is COCC(C(=O)O)c1c(F)cccc1NC(=O)C(C)(C)N. The van der Waals surface area contributed by atoms with E-state index in [-0.39, 0.29) is 17.9 Å². The van der Waals surface area contributed by atoms with Crippen molar-refractivity contribution in [2.75, 3.05) is 19.0 Å². The predicted octanol–water partition coefficient (Wildman–Crippen LogP) is 1.32. The number of ether oxygens (including phenoxy) is 1. The number of carbonyl (C=O) groups excluding carboxylic acids is 1. The largest absolute Gasteiger partial charge is 0.481 e. The molecule has 0 aliphatic heterocycles. The van der Waals surface area contributed by atoms with Gasteiger partial charge in [-0.25, -0.2) is 4.39 Å². The van der Waals surface area contributed by atoms with Gasteiger partial charge in [0.25, 0.3) is 0 Å². The molecule has 0 bridgehead atoms. The zero-order valence-electron chi connectivity index (χ0n) is 12.1. The summed E-state index contributed by atoms with van der Waals surface area (Å²) in [4.78, 5) is 23.2. The van der Waals surface area contributed by atoms with Crippen LogP contribution in [-0.4, -0.2) is 36.2 Å². The molecule has 0 aliphatic carbocycles. The number of rotatable bonds is 6. The molecule has 1 amide bonds. The molecule has 0 fully saturated rings. The Bertz CT molecular complexity index is 540. The van der Waals surface area contributed by atoms with E-state index in [1.54, 1.807) is 0 Å². The average Bonchev–Trinajstić information content (AvgIpc) is 2.35. The van der Waals surface area contributed by atoms with E-state index in [9.17, 15) is 19.1 Å². The monoisotopic (exact) mass is 298 g/mol. The number of benzene rings is 1. The number of carboxylic acids is 1. The second-order valence-corrected chi connectivity index (χ2v) is 5.22. The third-order valence-electron chi connectivity index (χ3n) is 2.87. The highest BCUT2D eigenvalue weighted by Crippen LogP contribution is 2.28. The van der Waals surface area contributed by atoms with Crippen LogP contribution < -0.4 is 11.1 Å². The maximum Gasteiger partial charge on any atom is 0.313 e. The van der Waals surface area contributed by atoms with E-state index in [0.29, 0.717) is 0 Å². The lowest BCUT2D eigenvalue weighted by atomic mass is 9.96. The van der Waals surface area contributed by atoms with Gasteiger partial charge in [0.15, 0.2) is 0 Å². The van der Waals surface area contributed by atoms with Gasteiger partial charge in [0.05, 0.1) is 12.1 Å². The van der Waals surface area contributed by atoms with Crippen molar-refractivity contribution in [2.45, 2.75) is 25.3 Å². The summed E-state index contributed by atoms with van der Waals surface area (Å²) in [6, 6.07) is 3.93. The molecule has 21 heavy (non-hydrogen) atoms. The van der Waals surface area contributed by atoms with Crippen LogP contribution in [0.5, 0.6) is 0 Å². The third-order valence-corrected chi connectivity index (χ3v) is 2.87. The fourth-order valence-corrected chi connectivity index (χ4v) is 1.73. The van der Waals surface area contributed by atoms with E-state index in [1.165, 1.54) is 33.1 Å². The normalized spacial score (nSPS) is 12.8. The Hall–Kier alpha value is -1.99. The Morgan fingerprint density at radius 2 is 2.10 bits per heavy atom. The average molecular weight is 298 g/mol. The standard InChI is InChI=1S/C14H19FN2O4/c1-14(2,16)13(20)17-10-6-4-5-9(15)11(10)8(7-21-3)12(18)19/h4-6,8H,7,16H2,1-3H3,(H,17,20)(H,18,19). The van der Waals surface area contributed by atoms with Gasteiger partial charge < -0.3 is 20.9 Å². The lowest BCUT2D eigenvalue weighted by Gasteiger charge is -2.21. The second kappa shape index (κ2) is 6.64. The molecule has 116 valence electrons. The highest BCUT2D eigenvalue weighted by molar-refractivity contribution is 5.98. The minimum absolute atomic E-state index is 0.0722. The van der Waals surface area contributed by atoms with E-state index in [0.717, 1.165) is 6.07 Å². The Morgan fingerprint density at radius 3 is 2.57 bits per heavy atom. The molecule has 1 aromatic rings. The quantitative estimate of drug-likeness (QED) is 0.735. The van der Waals surface area contributed by atoms with Crippen LogP contribution in [0.4, 0.5) is 10.1 Å². The summed E-state index contributed by atoms with van der Waals surface area (Å²) in [5, 5.41) is 11.7. The molecule has 0 radical (unpaired) electrons. The molecule has 0 spiro atoms. The summed E-state index contributed by atoms with van der Waals surface area (Å²) in [6.45, 7) is 2.77. The number of aliphatic carboxylic acids is 1. The van der Waals surface area contributed by atoms with Gasteiger partial charge in [-0.05, 0) is 26.0 Å². The Balaban J connectivity index is 3.25. The van der Waals surface area contributed by atoms with Crippen molar-refractivity contribution < 1.29 is 23.8 Å². The molecule has 0 saturated carbocycles. The number of anilines is 1. The van der Waals surface area contributed by atoms with Crippen LogP contribution in [-0.2, 0) is 14.3 Å². The van der Waals surface area contributed by atoms with Crippen LogP contribution in [0, 0.1) is 5.82 Å². The summed E-state index contributed by atoms with van der Waals surface area (Å²) >= 11 is 0. The van der Waals surface area contributed by atoms with Gasteiger partial charge in [0.1, 0.15) is 11.7 Å². The zero-order chi connectivity index (χ0) is 16.2. The molecule has 0 aliphatic rings. The minimum atomic E-state index is -1.25. The van der Waals surface area contributed by atoms with Gasteiger partial charge in [-0.15, -0.1) is 0 Å². The molecule has 1 unspecified atom stereocenters. The number of carbonyl (C=O) groups is 2. The molecular weight excluding hydrogens is 279 g/mol. The van der Waals surface area contributed by atoms with Gasteiger partial charge >= 0.3 is 5.97 Å². The number of hydrogen-bond donors (Lipinski definition) is 3. The van der Waals surface area contributed by atoms with Crippen molar-refractivity contribution in [1.29, 1.82) is 0 Å². The Morgan fingerprint density at radius 1 is 1.48 bits per heavy atom. The van der Waals surface area contributed by atoms with Crippen molar-refractivity contribution >= 4 is 17.6 Å². The molecule has 0 heterocycles. The first-order chi connectivity index (χ1) is 9.68. The summed E-state index contributed by atoms with van der Waals surface area (Å²) in [6.07, 6.45) is 0. The maximum atomic E-state index is 14.0. The molecule has 4 N–H and O–H groups in total. The highest BCUT2D eigenvalue weighted by atomic mass is 19.1.